The lowest BCUT2D eigenvalue weighted by molar-refractivity contribution is 0.245. The molecule has 0 amide bonds. The third-order valence-electron chi connectivity index (χ3n) is 2.54. The van der Waals surface area contributed by atoms with Gasteiger partial charge >= 0.3 is 7.12 Å². The van der Waals surface area contributed by atoms with Crippen molar-refractivity contribution in [2.24, 2.45) is 0 Å². The van der Waals surface area contributed by atoms with Crippen molar-refractivity contribution in [1.82, 2.24) is 0 Å². The van der Waals surface area contributed by atoms with Gasteiger partial charge < -0.3 is 9.31 Å². The van der Waals surface area contributed by atoms with Gasteiger partial charge in [-0.2, -0.15) is 0 Å². The Morgan fingerprint density at radius 2 is 1.82 bits per heavy atom. The summed E-state index contributed by atoms with van der Waals surface area (Å²) in [6.07, 6.45) is -0.476. The Hall–Kier alpha value is -0.885. The van der Waals surface area contributed by atoms with Gasteiger partial charge in [0.2, 0.25) is 0 Å². The summed E-state index contributed by atoms with van der Waals surface area (Å²) >= 11 is 0. The highest BCUT2D eigenvalue weighted by atomic mass is 32.2. The zero-order valence-electron chi connectivity index (χ0n) is 9.37. The molecule has 1 aliphatic heterocycles. The topological polar surface area (TPSA) is 61.8 Å². The molecule has 1 heterocycles. The van der Waals surface area contributed by atoms with Crippen LogP contribution in [0.25, 0.3) is 0 Å². The molecule has 1 atom stereocenters. The van der Waals surface area contributed by atoms with Gasteiger partial charge in [-0.15, -0.1) is 0 Å². The maximum absolute atomic E-state index is 10.4. The normalized spacial score (nSPS) is 17.6. The van der Waals surface area contributed by atoms with E-state index in [-0.39, 0.29) is 7.12 Å². The molecule has 92 valence electrons. The minimum Gasteiger partial charge on any atom is -0.405 e. The Bertz CT molecular complexity index is 431. The third-order valence-corrected chi connectivity index (χ3v) is 3.03. The lowest BCUT2D eigenvalue weighted by Crippen LogP contribution is -2.31. The first-order valence-corrected chi connectivity index (χ1v) is 6.40. The van der Waals surface area contributed by atoms with Crippen LogP contribution in [-0.4, -0.2) is 28.7 Å². The molecule has 2 rings (SSSR count). The molecule has 0 N–H and O–H groups in total. The van der Waals surface area contributed by atoms with E-state index in [2.05, 4.69) is 0 Å². The molecule has 0 aliphatic carbocycles. The van der Waals surface area contributed by atoms with Crippen molar-refractivity contribution in [2.75, 3.05) is 13.2 Å². The van der Waals surface area contributed by atoms with Gasteiger partial charge in [0.15, 0.2) is 0 Å². The maximum atomic E-state index is 10.4. The van der Waals surface area contributed by atoms with Crippen LogP contribution in [0.2, 0.25) is 0 Å². The van der Waals surface area contributed by atoms with Crippen LogP contribution < -0.4 is 5.46 Å². The van der Waals surface area contributed by atoms with Gasteiger partial charge in [-0.05, 0) is 17.9 Å². The summed E-state index contributed by atoms with van der Waals surface area (Å²) in [5.41, 5.74) is 1.72. The largest absolute Gasteiger partial charge is 0.494 e. The van der Waals surface area contributed by atoms with E-state index >= 15 is 0 Å². The molecule has 0 saturated carbocycles. The standard InChI is InChI=1S/C10H13BO5S/c1-8(16-17(12)13)9-2-4-10(5-3-9)11-14-6-7-15-11/h2-5,8,17H,6-7H2,1H3. The minimum atomic E-state index is -2.83. The average Bonchev–Trinajstić information content (AvgIpc) is 2.82. The van der Waals surface area contributed by atoms with Gasteiger partial charge in [-0.25, -0.2) is 8.42 Å². The van der Waals surface area contributed by atoms with E-state index in [0.29, 0.717) is 13.2 Å². The van der Waals surface area contributed by atoms with Gasteiger partial charge in [0.05, 0.1) is 19.3 Å². The minimum absolute atomic E-state index is 0.309. The van der Waals surface area contributed by atoms with Gasteiger partial charge in [0.25, 0.3) is 11.0 Å². The summed E-state index contributed by atoms with van der Waals surface area (Å²) in [5.74, 6) is 0. The Balaban J connectivity index is 2.06. The number of thiol groups is 1. The highest BCUT2D eigenvalue weighted by Gasteiger charge is 2.25. The molecular formula is C10H13BO5S. The Kier molecular flexibility index (Phi) is 4.17. The zero-order valence-corrected chi connectivity index (χ0v) is 10.3. The van der Waals surface area contributed by atoms with Crippen molar-refractivity contribution in [3.63, 3.8) is 0 Å². The second-order valence-electron chi connectivity index (χ2n) is 3.71. The molecule has 1 aromatic rings. The van der Waals surface area contributed by atoms with Crippen molar-refractivity contribution in [3.05, 3.63) is 29.8 Å². The van der Waals surface area contributed by atoms with Gasteiger partial charge in [-0.3, -0.25) is 4.18 Å². The molecule has 0 aromatic heterocycles. The molecule has 7 heteroatoms. The van der Waals surface area contributed by atoms with Crippen LogP contribution >= 0.6 is 0 Å². The second-order valence-corrected chi connectivity index (χ2v) is 4.37. The summed E-state index contributed by atoms with van der Waals surface area (Å²) in [7, 11) is -3.14. The fourth-order valence-corrected chi connectivity index (χ4v) is 2.04. The lowest BCUT2D eigenvalue weighted by Gasteiger charge is -2.10. The van der Waals surface area contributed by atoms with E-state index in [9.17, 15) is 8.42 Å². The van der Waals surface area contributed by atoms with Crippen LogP contribution in [0.4, 0.5) is 0 Å². The SMILES string of the molecule is CC(O[SH](=O)=O)c1ccc(B2OCCO2)cc1. The van der Waals surface area contributed by atoms with Crippen molar-refractivity contribution in [3.8, 4) is 0 Å². The van der Waals surface area contributed by atoms with E-state index in [1.165, 1.54) is 0 Å². The number of rotatable bonds is 4. The molecule has 1 aliphatic rings. The average molecular weight is 256 g/mol. The fraction of sp³-hybridized carbons (Fsp3) is 0.400. The molecule has 1 saturated heterocycles. The van der Waals surface area contributed by atoms with E-state index in [1.807, 2.05) is 24.3 Å². The molecule has 1 fully saturated rings. The summed E-state index contributed by atoms with van der Waals surface area (Å²) < 4.78 is 36.3. The fourth-order valence-electron chi connectivity index (χ4n) is 1.66. The van der Waals surface area contributed by atoms with Crippen LogP contribution in [0.3, 0.4) is 0 Å². The molecule has 5 nitrogen and oxygen atoms in total. The van der Waals surface area contributed by atoms with Crippen molar-refractivity contribution >= 4 is 23.6 Å². The number of hydrogen-bond donors (Lipinski definition) is 1. The van der Waals surface area contributed by atoms with Gasteiger partial charge in [0, 0.05) is 0 Å². The monoisotopic (exact) mass is 256 g/mol. The van der Waals surface area contributed by atoms with E-state index in [0.717, 1.165) is 11.0 Å². The number of benzene rings is 1. The van der Waals surface area contributed by atoms with Crippen molar-refractivity contribution in [2.45, 2.75) is 13.0 Å². The molecule has 0 radical (unpaired) electrons. The molecular weight excluding hydrogens is 243 g/mol. The Labute approximate surface area is 102 Å². The highest BCUT2D eigenvalue weighted by molar-refractivity contribution is 7.67. The summed E-state index contributed by atoms with van der Waals surface area (Å²) in [6, 6.07) is 7.32. The second kappa shape index (κ2) is 5.64. The van der Waals surface area contributed by atoms with Gasteiger partial charge in [-0.1, -0.05) is 24.3 Å². The lowest BCUT2D eigenvalue weighted by atomic mass is 9.79. The molecule has 1 unspecified atom stereocenters. The maximum Gasteiger partial charge on any atom is 0.494 e. The van der Waals surface area contributed by atoms with Crippen LogP contribution in [0.15, 0.2) is 24.3 Å². The predicted octanol–water partition coefficient (Wildman–Crippen LogP) is 0.0326. The van der Waals surface area contributed by atoms with Crippen LogP contribution in [0, 0.1) is 0 Å². The first-order valence-electron chi connectivity index (χ1n) is 5.31. The Morgan fingerprint density at radius 3 is 2.35 bits per heavy atom. The first-order chi connectivity index (χ1) is 8.16. The van der Waals surface area contributed by atoms with Crippen LogP contribution in [0.1, 0.15) is 18.6 Å². The third kappa shape index (κ3) is 3.29. The van der Waals surface area contributed by atoms with E-state index in [4.69, 9.17) is 13.5 Å². The molecule has 1 aromatic carbocycles. The molecule has 17 heavy (non-hydrogen) atoms. The predicted molar refractivity (Wildman–Crippen MR) is 63.5 cm³/mol. The smallest absolute Gasteiger partial charge is 0.405 e. The highest BCUT2D eigenvalue weighted by Crippen LogP contribution is 2.15. The zero-order chi connectivity index (χ0) is 12.3. The quantitative estimate of drug-likeness (QED) is 0.608. The first kappa shape index (κ1) is 12.6. The van der Waals surface area contributed by atoms with Crippen molar-refractivity contribution in [1.29, 1.82) is 0 Å². The summed E-state index contributed by atoms with van der Waals surface area (Å²) in [5, 5.41) is 0. The van der Waals surface area contributed by atoms with Crippen molar-refractivity contribution < 1.29 is 21.9 Å². The van der Waals surface area contributed by atoms with E-state index in [1.54, 1.807) is 6.92 Å². The van der Waals surface area contributed by atoms with Crippen LogP contribution in [-0.2, 0) is 24.5 Å². The summed E-state index contributed by atoms with van der Waals surface area (Å²) in [6.45, 7) is 2.88. The van der Waals surface area contributed by atoms with Gasteiger partial charge in [0.1, 0.15) is 0 Å². The molecule has 0 bridgehead atoms. The summed E-state index contributed by atoms with van der Waals surface area (Å²) in [4.78, 5) is 0. The number of hydrogen-bond acceptors (Lipinski definition) is 5. The van der Waals surface area contributed by atoms with Crippen LogP contribution in [0.5, 0.6) is 0 Å². The van der Waals surface area contributed by atoms with E-state index < -0.39 is 17.1 Å². The Morgan fingerprint density at radius 1 is 1.24 bits per heavy atom. The molecule has 0 spiro atoms.